The van der Waals surface area contributed by atoms with Gasteiger partial charge in [-0.1, -0.05) is 0 Å². The number of nitrogens with two attached hydrogens (primary N) is 1. The molecule has 6 nitrogen and oxygen atoms in total. The van der Waals surface area contributed by atoms with E-state index in [1.807, 2.05) is 25.6 Å². The first kappa shape index (κ1) is 11.0. The normalized spacial score (nSPS) is 10.9. The molecule has 86 valence electrons. The molecule has 0 bridgehead atoms. The minimum atomic E-state index is 0.717. The van der Waals surface area contributed by atoms with Gasteiger partial charge in [-0.05, 0) is 25.6 Å². The minimum absolute atomic E-state index is 0.717. The van der Waals surface area contributed by atoms with Crippen LogP contribution in [-0.2, 0) is 13.6 Å². The molecule has 0 radical (unpaired) electrons. The topological polar surface area (TPSA) is 74.6 Å². The zero-order valence-corrected chi connectivity index (χ0v) is 10.3. The molecule has 0 unspecified atom stereocenters. The molecular formula is C9H14N6S. The fourth-order valence-corrected chi connectivity index (χ4v) is 2.35. The first-order valence-electron chi connectivity index (χ1n) is 4.98. The Bertz CT molecular complexity index is 500. The third kappa shape index (κ3) is 1.78. The smallest absolute Gasteiger partial charge is 0.192 e. The highest BCUT2D eigenvalue weighted by Crippen LogP contribution is 2.32. The van der Waals surface area contributed by atoms with E-state index >= 15 is 0 Å². The summed E-state index contributed by atoms with van der Waals surface area (Å²) in [6, 6.07) is 0. The minimum Gasteiger partial charge on any atom is -0.395 e. The van der Waals surface area contributed by atoms with Crippen LogP contribution in [0.25, 0.3) is 0 Å². The van der Waals surface area contributed by atoms with Crippen molar-refractivity contribution in [3.8, 4) is 0 Å². The van der Waals surface area contributed by atoms with Gasteiger partial charge >= 0.3 is 0 Å². The number of hydrogen-bond acceptors (Lipinski definition) is 5. The van der Waals surface area contributed by atoms with E-state index in [0.29, 0.717) is 0 Å². The second-order valence-corrected chi connectivity index (χ2v) is 4.34. The summed E-state index contributed by atoms with van der Waals surface area (Å²) >= 11 is 1.48. The van der Waals surface area contributed by atoms with Gasteiger partial charge in [0.1, 0.15) is 11.4 Å². The summed E-state index contributed by atoms with van der Waals surface area (Å²) in [7, 11) is 1.85. The van der Waals surface area contributed by atoms with Crippen LogP contribution in [0, 0.1) is 6.92 Å². The van der Waals surface area contributed by atoms with Gasteiger partial charge in [-0.2, -0.15) is 10.2 Å². The summed E-state index contributed by atoms with van der Waals surface area (Å²) < 4.78 is 3.59. The van der Waals surface area contributed by atoms with Crippen LogP contribution in [0.2, 0.25) is 0 Å². The maximum Gasteiger partial charge on any atom is 0.192 e. The quantitative estimate of drug-likeness (QED) is 0.865. The van der Waals surface area contributed by atoms with Crippen molar-refractivity contribution in [3.05, 3.63) is 12.0 Å². The van der Waals surface area contributed by atoms with Crippen molar-refractivity contribution < 1.29 is 0 Å². The summed E-state index contributed by atoms with van der Waals surface area (Å²) in [4.78, 5) is 4.15. The maximum absolute atomic E-state index is 5.98. The van der Waals surface area contributed by atoms with E-state index < -0.39 is 0 Å². The van der Waals surface area contributed by atoms with Crippen LogP contribution < -0.4 is 5.73 Å². The summed E-state index contributed by atoms with van der Waals surface area (Å²) in [5, 5.41) is 10.1. The van der Waals surface area contributed by atoms with E-state index in [2.05, 4.69) is 15.2 Å². The molecule has 2 rings (SSSR count). The van der Waals surface area contributed by atoms with Crippen LogP contribution in [-0.4, -0.2) is 24.5 Å². The van der Waals surface area contributed by atoms with Crippen molar-refractivity contribution in [1.29, 1.82) is 0 Å². The Kier molecular flexibility index (Phi) is 2.86. The van der Waals surface area contributed by atoms with E-state index in [1.54, 1.807) is 4.68 Å². The first-order chi connectivity index (χ1) is 7.63. The number of nitrogens with zero attached hydrogens (tertiary/aromatic N) is 5. The largest absolute Gasteiger partial charge is 0.395 e. The van der Waals surface area contributed by atoms with Crippen molar-refractivity contribution in [3.63, 3.8) is 0 Å². The summed E-state index contributed by atoms with van der Waals surface area (Å²) in [5.41, 5.74) is 7.55. The Balaban J connectivity index is 2.37. The van der Waals surface area contributed by atoms with Gasteiger partial charge in [-0.25, -0.2) is 9.67 Å². The third-order valence-electron chi connectivity index (χ3n) is 2.28. The van der Waals surface area contributed by atoms with Crippen LogP contribution in [0.15, 0.2) is 16.5 Å². The Morgan fingerprint density at radius 2 is 2.25 bits per heavy atom. The monoisotopic (exact) mass is 238 g/mol. The van der Waals surface area contributed by atoms with E-state index in [9.17, 15) is 0 Å². The average molecular weight is 238 g/mol. The SMILES string of the molecule is CCn1nc(C)c(N)c1Sc1ncnn1C. The number of rotatable bonds is 3. The summed E-state index contributed by atoms with van der Waals surface area (Å²) in [6.07, 6.45) is 1.53. The third-order valence-corrected chi connectivity index (χ3v) is 3.46. The predicted octanol–water partition coefficient (Wildman–Crippen LogP) is 1.07. The standard InChI is InChI=1S/C9H14N6S/c1-4-15-8(7(10)6(2)13-15)16-9-11-5-12-14(9)3/h5H,4,10H2,1-3H3. The molecule has 0 saturated heterocycles. The highest BCUT2D eigenvalue weighted by Gasteiger charge is 2.15. The number of hydrogen-bond donors (Lipinski definition) is 1. The summed E-state index contributed by atoms with van der Waals surface area (Å²) in [6.45, 7) is 4.73. The van der Waals surface area contributed by atoms with Crippen LogP contribution in [0.4, 0.5) is 5.69 Å². The van der Waals surface area contributed by atoms with Crippen LogP contribution in [0.3, 0.4) is 0 Å². The molecule has 16 heavy (non-hydrogen) atoms. The number of nitrogen functional groups attached to an aromatic ring is 1. The lowest BCUT2D eigenvalue weighted by Gasteiger charge is -2.04. The van der Waals surface area contributed by atoms with Gasteiger partial charge in [0, 0.05) is 13.6 Å². The molecular weight excluding hydrogens is 224 g/mol. The van der Waals surface area contributed by atoms with Crippen LogP contribution >= 0.6 is 11.8 Å². The molecule has 0 atom stereocenters. The molecule has 2 aromatic rings. The number of aromatic nitrogens is 5. The van der Waals surface area contributed by atoms with Gasteiger partial charge in [0.25, 0.3) is 0 Å². The number of anilines is 1. The van der Waals surface area contributed by atoms with Gasteiger partial charge in [0.05, 0.1) is 11.4 Å². The van der Waals surface area contributed by atoms with Crippen molar-refractivity contribution in [2.24, 2.45) is 7.05 Å². The van der Waals surface area contributed by atoms with Gasteiger partial charge in [-0.3, -0.25) is 4.68 Å². The molecule has 2 N–H and O–H groups in total. The molecule has 0 fully saturated rings. The Hall–Kier alpha value is -1.50. The van der Waals surface area contributed by atoms with Gasteiger partial charge in [0.15, 0.2) is 5.16 Å². The molecule has 2 aromatic heterocycles. The molecule has 0 aliphatic heterocycles. The van der Waals surface area contributed by atoms with Crippen LogP contribution in [0.5, 0.6) is 0 Å². The average Bonchev–Trinajstić information content (AvgIpc) is 2.78. The second-order valence-electron chi connectivity index (χ2n) is 3.39. The first-order valence-corrected chi connectivity index (χ1v) is 5.79. The van der Waals surface area contributed by atoms with E-state index in [0.717, 1.165) is 28.1 Å². The molecule has 0 amide bonds. The molecule has 0 saturated carbocycles. The van der Waals surface area contributed by atoms with E-state index in [4.69, 9.17) is 5.73 Å². The Morgan fingerprint density at radius 1 is 1.50 bits per heavy atom. The predicted molar refractivity (Wildman–Crippen MR) is 62.2 cm³/mol. The van der Waals surface area contributed by atoms with E-state index in [1.165, 1.54) is 18.1 Å². The molecule has 0 spiro atoms. The molecule has 7 heteroatoms. The zero-order valence-electron chi connectivity index (χ0n) is 9.51. The maximum atomic E-state index is 5.98. The van der Waals surface area contributed by atoms with Crippen molar-refractivity contribution >= 4 is 17.4 Å². The second kappa shape index (κ2) is 4.17. The zero-order chi connectivity index (χ0) is 11.7. The lowest BCUT2D eigenvalue weighted by molar-refractivity contribution is 0.599. The fraction of sp³-hybridized carbons (Fsp3) is 0.444. The van der Waals surface area contributed by atoms with Crippen LogP contribution in [0.1, 0.15) is 12.6 Å². The lowest BCUT2D eigenvalue weighted by atomic mass is 10.4. The van der Waals surface area contributed by atoms with Crippen molar-refractivity contribution in [1.82, 2.24) is 24.5 Å². The lowest BCUT2D eigenvalue weighted by Crippen LogP contribution is -2.01. The van der Waals surface area contributed by atoms with Gasteiger partial charge in [0.2, 0.25) is 0 Å². The fourth-order valence-electron chi connectivity index (χ4n) is 1.36. The highest BCUT2D eigenvalue weighted by molar-refractivity contribution is 7.99. The highest BCUT2D eigenvalue weighted by atomic mass is 32.2. The van der Waals surface area contributed by atoms with Gasteiger partial charge < -0.3 is 5.73 Å². The molecule has 0 aromatic carbocycles. The molecule has 2 heterocycles. The Labute approximate surface area is 97.8 Å². The Morgan fingerprint density at radius 3 is 2.81 bits per heavy atom. The van der Waals surface area contributed by atoms with E-state index in [-0.39, 0.29) is 0 Å². The summed E-state index contributed by atoms with van der Waals surface area (Å²) in [5.74, 6) is 0. The van der Waals surface area contributed by atoms with Crippen molar-refractivity contribution in [2.45, 2.75) is 30.6 Å². The number of aryl methyl sites for hydroxylation is 3. The molecule has 0 aliphatic carbocycles. The van der Waals surface area contributed by atoms with Gasteiger partial charge in [-0.15, -0.1) is 0 Å². The van der Waals surface area contributed by atoms with Crippen molar-refractivity contribution in [2.75, 3.05) is 5.73 Å². The molecule has 0 aliphatic rings.